The summed E-state index contributed by atoms with van der Waals surface area (Å²) in [7, 11) is 0. The molecule has 0 radical (unpaired) electrons. The summed E-state index contributed by atoms with van der Waals surface area (Å²) in [5.41, 5.74) is -0.0943. The van der Waals surface area contributed by atoms with Crippen molar-refractivity contribution in [2.75, 3.05) is 0 Å². The number of aliphatic imine (C=N–C) groups is 1. The van der Waals surface area contributed by atoms with E-state index in [0.29, 0.717) is 11.3 Å². The number of hydrogen-bond acceptors (Lipinski definition) is 7. The van der Waals surface area contributed by atoms with Crippen LogP contribution in [0.15, 0.2) is 53.5 Å². The molecule has 0 aliphatic heterocycles. The molecule has 0 bridgehead atoms. The summed E-state index contributed by atoms with van der Waals surface area (Å²) >= 11 is 12.0. The maximum absolute atomic E-state index is 11.7. The van der Waals surface area contributed by atoms with Crippen LogP contribution in [0.5, 0.6) is 0 Å². The van der Waals surface area contributed by atoms with Crippen LogP contribution < -0.4 is 0 Å². The average Bonchev–Trinajstić information content (AvgIpc) is 3.02. The van der Waals surface area contributed by atoms with Gasteiger partial charge in [-0.25, -0.2) is 4.99 Å². The summed E-state index contributed by atoms with van der Waals surface area (Å²) in [6, 6.07) is 10.3. The van der Waals surface area contributed by atoms with Crippen LogP contribution in [0.1, 0.15) is 11.1 Å². The predicted octanol–water partition coefficient (Wildman–Crippen LogP) is 5.87. The van der Waals surface area contributed by atoms with Gasteiger partial charge < -0.3 is 0 Å². The van der Waals surface area contributed by atoms with Gasteiger partial charge in [0.2, 0.25) is 0 Å². The summed E-state index contributed by atoms with van der Waals surface area (Å²) in [5.74, 6) is 0. The molecule has 12 heteroatoms. The van der Waals surface area contributed by atoms with Crippen molar-refractivity contribution >= 4 is 51.7 Å². The van der Waals surface area contributed by atoms with E-state index >= 15 is 0 Å². The largest absolute Gasteiger partial charge is 0.284 e. The van der Waals surface area contributed by atoms with Crippen molar-refractivity contribution in [1.82, 2.24) is 0 Å². The monoisotopic (exact) mass is 458 g/mol. The van der Waals surface area contributed by atoms with Gasteiger partial charge in [-0.05, 0) is 29.8 Å². The fourth-order valence-electron chi connectivity index (χ4n) is 3.34. The molecule has 0 N–H and O–H groups in total. The van der Waals surface area contributed by atoms with Crippen molar-refractivity contribution in [3.63, 3.8) is 0 Å². The van der Waals surface area contributed by atoms with E-state index in [0.717, 1.165) is 12.1 Å². The van der Waals surface area contributed by atoms with E-state index in [9.17, 15) is 30.3 Å². The fraction of sp³-hybridized carbons (Fsp3) is 0. The van der Waals surface area contributed by atoms with E-state index in [-0.39, 0.29) is 38.1 Å². The first-order valence-corrected chi connectivity index (χ1v) is 9.23. The summed E-state index contributed by atoms with van der Waals surface area (Å²) in [5, 5.41) is 34.8. The Morgan fingerprint density at radius 2 is 1.35 bits per heavy atom. The predicted molar refractivity (Wildman–Crippen MR) is 114 cm³/mol. The Morgan fingerprint density at radius 1 is 0.677 bits per heavy atom. The second-order valence-electron chi connectivity index (χ2n) is 6.45. The number of nitro groups is 3. The molecule has 0 amide bonds. The molecule has 0 heterocycles. The molecule has 0 spiro atoms. The number of halogens is 2. The highest BCUT2D eigenvalue weighted by molar-refractivity contribution is 6.42. The third-order valence-electron chi connectivity index (χ3n) is 4.65. The van der Waals surface area contributed by atoms with Crippen LogP contribution in [0, 0.1) is 30.3 Å². The highest BCUT2D eigenvalue weighted by Gasteiger charge is 2.36. The number of nitrogens with zero attached hydrogens (tertiary/aromatic N) is 4. The normalized spacial score (nSPS) is 13.0. The van der Waals surface area contributed by atoms with Crippen LogP contribution in [-0.2, 0) is 0 Å². The molecule has 0 saturated carbocycles. The van der Waals surface area contributed by atoms with Crippen molar-refractivity contribution in [3.05, 3.63) is 100 Å². The van der Waals surface area contributed by atoms with E-state index in [1.165, 1.54) is 36.4 Å². The molecule has 1 aliphatic rings. The lowest BCUT2D eigenvalue weighted by Crippen LogP contribution is -2.01. The van der Waals surface area contributed by atoms with Crippen LogP contribution >= 0.6 is 23.2 Å². The average molecular weight is 459 g/mol. The van der Waals surface area contributed by atoms with Gasteiger partial charge in [0.15, 0.2) is 0 Å². The second kappa shape index (κ2) is 7.42. The molecular weight excluding hydrogens is 451 g/mol. The standard InChI is InChI=1S/C19H8Cl2N4O6/c20-15-4-1-9(5-16(15)21)22-19-13-6-10(23(26)27)2-3-12(13)18-14(19)7-11(24(28)29)8-17(18)25(30)31/h1-8H/b22-19+. The molecule has 0 unspecified atom stereocenters. The molecule has 0 aromatic heterocycles. The quantitative estimate of drug-likeness (QED) is 0.276. The summed E-state index contributed by atoms with van der Waals surface area (Å²) in [6.07, 6.45) is 0. The Kier molecular flexibility index (Phi) is 4.88. The lowest BCUT2D eigenvalue weighted by Gasteiger charge is -2.04. The van der Waals surface area contributed by atoms with Crippen LogP contribution in [0.4, 0.5) is 22.7 Å². The Morgan fingerprint density at radius 3 is 1.97 bits per heavy atom. The highest BCUT2D eigenvalue weighted by Crippen LogP contribution is 2.46. The Hall–Kier alpha value is -3.89. The van der Waals surface area contributed by atoms with Gasteiger partial charge in [0.05, 0.1) is 47.8 Å². The molecular formula is C19H8Cl2N4O6. The Labute approximate surface area is 182 Å². The Balaban J connectivity index is 2.08. The minimum Gasteiger partial charge on any atom is -0.258 e. The third-order valence-corrected chi connectivity index (χ3v) is 5.39. The first kappa shape index (κ1) is 20.4. The van der Waals surface area contributed by atoms with Gasteiger partial charge in [0.25, 0.3) is 17.1 Å². The lowest BCUT2D eigenvalue weighted by molar-refractivity contribution is -0.393. The van der Waals surface area contributed by atoms with E-state index in [4.69, 9.17) is 23.2 Å². The number of non-ortho nitro benzene ring substituents is 2. The Bertz CT molecular complexity index is 1360. The van der Waals surface area contributed by atoms with Gasteiger partial charge >= 0.3 is 0 Å². The lowest BCUT2D eigenvalue weighted by atomic mass is 10.0. The number of hydrogen-bond donors (Lipinski definition) is 0. The molecule has 3 aromatic carbocycles. The van der Waals surface area contributed by atoms with Crippen LogP contribution in [0.2, 0.25) is 10.0 Å². The highest BCUT2D eigenvalue weighted by atomic mass is 35.5. The van der Waals surface area contributed by atoms with Gasteiger partial charge in [0, 0.05) is 29.3 Å². The molecule has 4 rings (SSSR count). The fourth-order valence-corrected chi connectivity index (χ4v) is 3.63. The maximum atomic E-state index is 11.7. The smallest absolute Gasteiger partial charge is 0.258 e. The SMILES string of the molecule is O=[N+]([O-])c1ccc2c(c1)/C(=N\c1ccc(Cl)c(Cl)c1)c1cc([N+](=O)[O-])cc([N+](=O)[O-])c1-2. The minimum absolute atomic E-state index is 0.0966. The topological polar surface area (TPSA) is 142 Å². The summed E-state index contributed by atoms with van der Waals surface area (Å²) < 4.78 is 0. The third kappa shape index (κ3) is 3.47. The zero-order chi connectivity index (χ0) is 22.4. The first-order chi connectivity index (χ1) is 14.7. The number of rotatable bonds is 4. The van der Waals surface area contributed by atoms with Crippen molar-refractivity contribution in [2.24, 2.45) is 4.99 Å². The van der Waals surface area contributed by atoms with Gasteiger partial charge in [-0.3, -0.25) is 30.3 Å². The molecule has 1 aliphatic carbocycles. The van der Waals surface area contributed by atoms with Crippen LogP contribution in [-0.4, -0.2) is 20.5 Å². The van der Waals surface area contributed by atoms with E-state index in [2.05, 4.69) is 4.99 Å². The number of benzene rings is 3. The van der Waals surface area contributed by atoms with E-state index < -0.39 is 26.1 Å². The molecule has 0 fully saturated rings. The molecule has 31 heavy (non-hydrogen) atoms. The minimum atomic E-state index is -0.754. The van der Waals surface area contributed by atoms with Gasteiger partial charge in [0.1, 0.15) is 0 Å². The molecule has 0 atom stereocenters. The van der Waals surface area contributed by atoms with Crippen LogP contribution in [0.25, 0.3) is 11.1 Å². The van der Waals surface area contributed by atoms with Crippen molar-refractivity contribution in [2.45, 2.75) is 0 Å². The van der Waals surface area contributed by atoms with Crippen molar-refractivity contribution in [3.8, 4) is 11.1 Å². The molecule has 10 nitrogen and oxygen atoms in total. The zero-order valence-electron chi connectivity index (χ0n) is 15.1. The second-order valence-corrected chi connectivity index (χ2v) is 7.26. The number of nitro benzene ring substituents is 3. The first-order valence-electron chi connectivity index (χ1n) is 8.47. The van der Waals surface area contributed by atoms with E-state index in [1.807, 2.05) is 0 Å². The summed E-state index contributed by atoms with van der Waals surface area (Å²) in [6.45, 7) is 0. The van der Waals surface area contributed by atoms with Gasteiger partial charge in [-0.2, -0.15) is 0 Å². The van der Waals surface area contributed by atoms with Crippen molar-refractivity contribution in [1.29, 1.82) is 0 Å². The number of fused-ring (bicyclic) bond motifs is 3. The molecule has 3 aromatic rings. The summed E-state index contributed by atoms with van der Waals surface area (Å²) in [4.78, 5) is 36.7. The molecule has 0 saturated heterocycles. The zero-order valence-corrected chi connectivity index (χ0v) is 16.6. The van der Waals surface area contributed by atoms with Gasteiger partial charge in [-0.15, -0.1) is 0 Å². The molecule has 154 valence electrons. The van der Waals surface area contributed by atoms with Crippen molar-refractivity contribution < 1.29 is 14.8 Å². The van der Waals surface area contributed by atoms with Gasteiger partial charge in [-0.1, -0.05) is 23.2 Å². The van der Waals surface area contributed by atoms with Crippen LogP contribution in [0.3, 0.4) is 0 Å². The van der Waals surface area contributed by atoms with E-state index in [1.54, 1.807) is 0 Å². The maximum Gasteiger partial charge on any atom is 0.284 e.